The Hall–Kier alpha value is -3.64. The van der Waals surface area contributed by atoms with Gasteiger partial charge in [-0.15, -0.1) is 0 Å². The summed E-state index contributed by atoms with van der Waals surface area (Å²) in [4.78, 5) is 24.0. The summed E-state index contributed by atoms with van der Waals surface area (Å²) < 4.78 is 5.90. The molecule has 6 nitrogen and oxygen atoms in total. The maximum atomic E-state index is 13.4. The van der Waals surface area contributed by atoms with Crippen LogP contribution in [0.25, 0.3) is 0 Å². The van der Waals surface area contributed by atoms with E-state index in [1.807, 2.05) is 73.7 Å². The highest BCUT2D eigenvalue weighted by Crippen LogP contribution is 2.30. The highest BCUT2D eigenvalue weighted by molar-refractivity contribution is 5.84. The van der Waals surface area contributed by atoms with Crippen molar-refractivity contribution in [2.45, 2.75) is 25.4 Å². The Morgan fingerprint density at radius 3 is 2.36 bits per heavy atom. The van der Waals surface area contributed by atoms with Gasteiger partial charge in [0.25, 0.3) is 6.47 Å². The molecule has 1 aliphatic rings. The number of benzene rings is 3. The number of amides is 1. The van der Waals surface area contributed by atoms with Crippen LogP contribution in [0.2, 0.25) is 0 Å². The predicted octanol–water partition coefficient (Wildman–Crippen LogP) is 4.24. The second-order valence-corrected chi connectivity index (χ2v) is 7.80. The molecule has 0 spiro atoms. The van der Waals surface area contributed by atoms with Gasteiger partial charge in [0.1, 0.15) is 18.4 Å². The lowest BCUT2D eigenvalue weighted by Crippen LogP contribution is -2.46. The maximum Gasteiger partial charge on any atom is 0.290 e. The van der Waals surface area contributed by atoms with Crippen molar-refractivity contribution in [2.24, 2.45) is 0 Å². The third-order valence-electron chi connectivity index (χ3n) is 5.68. The number of fused-ring (bicyclic) bond motifs is 1. The summed E-state index contributed by atoms with van der Waals surface area (Å²) in [6, 6.07) is 27.8. The average molecular weight is 447 g/mol. The van der Waals surface area contributed by atoms with Gasteiger partial charge < -0.3 is 15.2 Å². The van der Waals surface area contributed by atoms with Gasteiger partial charge in [0, 0.05) is 13.1 Å². The molecule has 1 aliphatic heterocycles. The van der Waals surface area contributed by atoms with Gasteiger partial charge in [0.15, 0.2) is 0 Å². The Kier molecular flexibility index (Phi) is 9.03. The van der Waals surface area contributed by atoms with Crippen molar-refractivity contribution < 1.29 is 19.4 Å². The third kappa shape index (κ3) is 6.67. The molecule has 0 radical (unpaired) electrons. The lowest BCUT2D eigenvalue weighted by molar-refractivity contribution is -0.128. The van der Waals surface area contributed by atoms with E-state index in [4.69, 9.17) is 14.6 Å². The molecule has 2 atom stereocenters. The number of hydrogen-bond donors (Lipinski definition) is 2. The number of carbonyl (C=O) groups is 2. The number of nitrogens with zero attached hydrogens (tertiary/aromatic N) is 1. The van der Waals surface area contributed by atoms with Crippen molar-refractivity contribution in [2.75, 3.05) is 19.7 Å². The molecule has 33 heavy (non-hydrogen) atoms. The minimum Gasteiger partial charge on any atom is -0.492 e. The number of hydrogen-bond acceptors (Lipinski definition) is 4. The van der Waals surface area contributed by atoms with Crippen LogP contribution in [0.15, 0.2) is 84.9 Å². The average Bonchev–Trinajstić information content (AvgIpc) is 2.85. The molecule has 3 aromatic carbocycles. The normalized spacial score (nSPS) is 15.8. The summed E-state index contributed by atoms with van der Waals surface area (Å²) in [6.45, 7) is 3.86. The van der Waals surface area contributed by atoms with E-state index in [9.17, 15) is 4.79 Å². The van der Waals surface area contributed by atoms with E-state index >= 15 is 0 Å². The van der Waals surface area contributed by atoms with E-state index in [0.29, 0.717) is 13.2 Å². The van der Waals surface area contributed by atoms with Crippen LogP contribution in [-0.4, -0.2) is 42.1 Å². The van der Waals surface area contributed by atoms with Crippen LogP contribution in [0.5, 0.6) is 5.75 Å². The van der Waals surface area contributed by atoms with Crippen LogP contribution < -0.4 is 10.1 Å². The van der Waals surface area contributed by atoms with Gasteiger partial charge in [0.05, 0.1) is 6.04 Å². The Balaban J connectivity index is 0.000000968. The van der Waals surface area contributed by atoms with Gasteiger partial charge in [-0.25, -0.2) is 0 Å². The van der Waals surface area contributed by atoms with Gasteiger partial charge in [-0.1, -0.05) is 72.8 Å². The Bertz CT molecular complexity index is 1010. The number of carbonyl (C=O) groups excluding carboxylic acids is 1. The highest BCUT2D eigenvalue weighted by atomic mass is 16.5. The number of nitrogens with one attached hydrogen (secondary N) is 1. The Morgan fingerprint density at radius 1 is 1.06 bits per heavy atom. The lowest BCUT2D eigenvalue weighted by atomic mass is 9.91. The Labute approximate surface area is 194 Å². The molecule has 0 saturated carbocycles. The second kappa shape index (κ2) is 12.4. The summed E-state index contributed by atoms with van der Waals surface area (Å²) in [6.07, 6.45) is 0.944. The molecule has 2 N–H and O–H groups in total. The third-order valence-corrected chi connectivity index (χ3v) is 5.68. The van der Waals surface area contributed by atoms with Crippen molar-refractivity contribution in [1.82, 2.24) is 10.2 Å². The molecule has 0 saturated heterocycles. The van der Waals surface area contributed by atoms with E-state index in [0.717, 1.165) is 29.8 Å². The lowest BCUT2D eigenvalue weighted by Gasteiger charge is -2.36. The molecule has 1 amide bonds. The van der Waals surface area contributed by atoms with E-state index in [1.54, 1.807) is 0 Å². The van der Waals surface area contributed by atoms with Gasteiger partial charge in [-0.05, 0) is 42.2 Å². The number of para-hydroxylation sites is 1. The van der Waals surface area contributed by atoms with E-state index in [-0.39, 0.29) is 24.5 Å². The van der Waals surface area contributed by atoms with Crippen molar-refractivity contribution in [1.29, 1.82) is 0 Å². The molecule has 0 aromatic heterocycles. The van der Waals surface area contributed by atoms with Crippen molar-refractivity contribution in [3.8, 4) is 5.75 Å². The fourth-order valence-corrected chi connectivity index (χ4v) is 4.08. The summed E-state index contributed by atoms with van der Waals surface area (Å²) in [5.41, 5.74) is 3.46. The zero-order valence-electron chi connectivity index (χ0n) is 18.8. The van der Waals surface area contributed by atoms with Crippen molar-refractivity contribution in [3.05, 3.63) is 102 Å². The van der Waals surface area contributed by atoms with E-state index < -0.39 is 0 Å². The molecule has 1 heterocycles. The van der Waals surface area contributed by atoms with E-state index in [1.165, 1.54) is 5.56 Å². The first-order valence-electron chi connectivity index (χ1n) is 11.1. The van der Waals surface area contributed by atoms with Crippen molar-refractivity contribution in [3.63, 3.8) is 0 Å². The first kappa shape index (κ1) is 24.0. The summed E-state index contributed by atoms with van der Waals surface area (Å²) >= 11 is 0. The minimum absolute atomic E-state index is 0.0400. The molecule has 172 valence electrons. The predicted molar refractivity (Wildman–Crippen MR) is 128 cm³/mol. The second-order valence-electron chi connectivity index (χ2n) is 7.80. The molecule has 0 aliphatic carbocycles. The Morgan fingerprint density at radius 2 is 1.67 bits per heavy atom. The highest BCUT2D eigenvalue weighted by Gasteiger charge is 2.33. The van der Waals surface area contributed by atoms with Crippen LogP contribution in [0.1, 0.15) is 35.7 Å². The van der Waals surface area contributed by atoms with Gasteiger partial charge in [-0.3, -0.25) is 14.5 Å². The van der Waals surface area contributed by atoms with Crippen LogP contribution in [0.4, 0.5) is 0 Å². The topological polar surface area (TPSA) is 78.9 Å². The molecule has 6 heteroatoms. The minimum atomic E-state index is -0.305. The molecular formula is C27H30N2O4. The fraction of sp³-hybridized carbons (Fsp3) is 0.259. The van der Waals surface area contributed by atoms with Crippen LogP contribution in [0.3, 0.4) is 0 Å². The monoisotopic (exact) mass is 446 g/mol. The van der Waals surface area contributed by atoms with Crippen molar-refractivity contribution >= 4 is 12.4 Å². The molecule has 1 unspecified atom stereocenters. The standard InChI is InChI=1S/C26H28N2O2.CH2O2/c1-20(21-10-4-2-5-11-21)27-26(29)25-24-15-9-8-12-22(24)16-17-28(25)18-19-30-23-13-6-3-7-14-23;2-1-3/h2-15,20,25H,16-19H2,1H3,(H,27,29);1H,(H,2,3)/t20?,25-;/m1./s1. The van der Waals surface area contributed by atoms with E-state index in [2.05, 4.69) is 28.4 Å². The SMILES string of the molecule is CC(NC(=O)[C@H]1c2ccccc2CCN1CCOc1ccccc1)c1ccccc1.O=CO. The fourth-order valence-electron chi connectivity index (χ4n) is 4.08. The summed E-state index contributed by atoms with van der Waals surface area (Å²) in [5.74, 6) is 0.895. The van der Waals surface area contributed by atoms with Gasteiger partial charge >= 0.3 is 0 Å². The quantitative estimate of drug-likeness (QED) is 0.531. The number of ether oxygens (including phenoxy) is 1. The first-order valence-corrected chi connectivity index (χ1v) is 11.1. The van der Waals surface area contributed by atoms with Crippen LogP contribution in [0, 0.1) is 0 Å². The zero-order chi connectivity index (χ0) is 23.5. The summed E-state index contributed by atoms with van der Waals surface area (Å²) in [5, 5.41) is 10.1. The van der Waals surface area contributed by atoms with Crippen LogP contribution >= 0.6 is 0 Å². The molecular weight excluding hydrogens is 416 g/mol. The largest absolute Gasteiger partial charge is 0.492 e. The van der Waals surface area contributed by atoms with Gasteiger partial charge in [-0.2, -0.15) is 0 Å². The first-order chi connectivity index (χ1) is 16.1. The maximum absolute atomic E-state index is 13.4. The molecule has 0 fully saturated rings. The molecule has 0 bridgehead atoms. The van der Waals surface area contributed by atoms with Gasteiger partial charge in [0.2, 0.25) is 5.91 Å². The molecule has 3 aromatic rings. The zero-order valence-corrected chi connectivity index (χ0v) is 18.8. The summed E-state index contributed by atoms with van der Waals surface area (Å²) in [7, 11) is 0. The molecule has 4 rings (SSSR count). The number of carboxylic acid groups (broad SMARTS) is 1. The smallest absolute Gasteiger partial charge is 0.290 e. The van der Waals surface area contributed by atoms with Crippen LogP contribution in [-0.2, 0) is 16.0 Å². The number of rotatable bonds is 7.